The van der Waals surface area contributed by atoms with Crippen LogP contribution < -0.4 is 10.9 Å². The predicted molar refractivity (Wildman–Crippen MR) is 125 cm³/mol. The van der Waals surface area contributed by atoms with Gasteiger partial charge in [0.25, 0.3) is 11.5 Å². The van der Waals surface area contributed by atoms with Crippen molar-refractivity contribution in [2.75, 3.05) is 6.26 Å². The zero-order valence-corrected chi connectivity index (χ0v) is 19.7. The van der Waals surface area contributed by atoms with Gasteiger partial charge in [0.05, 0.1) is 16.0 Å². The molecule has 4 rings (SSSR count). The highest BCUT2D eigenvalue weighted by atomic mass is 32.2. The Balaban J connectivity index is 1.79. The molecule has 2 aromatic heterocycles. The first kappa shape index (κ1) is 22.3. The summed E-state index contributed by atoms with van der Waals surface area (Å²) in [6, 6.07) is 5.30. The lowest BCUT2D eigenvalue weighted by Crippen LogP contribution is -2.28. The molecular formula is C24H29N3O4S. The summed E-state index contributed by atoms with van der Waals surface area (Å²) < 4.78 is 26.9. The molecule has 0 saturated heterocycles. The summed E-state index contributed by atoms with van der Waals surface area (Å²) in [4.78, 5) is 28.5. The third-order valence-corrected chi connectivity index (χ3v) is 7.50. The van der Waals surface area contributed by atoms with Crippen molar-refractivity contribution in [1.82, 2.24) is 14.9 Å². The SMILES string of the molecule is Cc1cc(C)c(CNC(=O)c2cc(S(C)(=O)=O)cc3c2c(C)cn3C2CCCC2)c(=O)[nH]1. The number of carbonyl (C=O) groups excluding carboxylic acids is 1. The fourth-order valence-electron chi connectivity index (χ4n) is 4.80. The number of hydrogen-bond acceptors (Lipinski definition) is 4. The molecule has 2 N–H and O–H groups in total. The van der Waals surface area contributed by atoms with E-state index < -0.39 is 15.7 Å². The number of nitrogens with zero attached hydrogens (tertiary/aromatic N) is 1. The van der Waals surface area contributed by atoms with Crippen LogP contribution in [0.4, 0.5) is 0 Å². The first-order valence-electron chi connectivity index (χ1n) is 10.9. The Morgan fingerprint density at radius 3 is 2.44 bits per heavy atom. The van der Waals surface area contributed by atoms with Gasteiger partial charge in [0.1, 0.15) is 0 Å². The molecule has 0 spiro atoms. The Kier molecular flexibility index (Phi) is 5.75. The number of carbonyl (C=O) groups is 1. The lowest BCUT2D eigenvalue weighted by atomic mass is 10.1. The Bertz CT molecular complexity index is 1380. The minimum absolute atomic E-state index is 0.0628. The van der Waals surface area contributed by atoms with E-state index >= 15 is 0 Å². The molecule has 8 heteroatoms. The highest BCUT2D eigenvalue weighted by molar-refractivity contribution is 7.90. The van der Waals surface area contributed by atoms with Crippen molar-refractivity contribution in [3.8, 4) is 0 Å². The number of hydrogen-bond donors (Lipinski definition) is 2. The van der Waals surface area contributed by atoms with Gasteiger partial charge in [0, 0.05) is 41.7 Å². The second-order valence-electron chi connectivity index (χ2n) is 8.92. The first-order valence-corrected chi connectivity index (χ1v) is 12.8. The molecule has 0 unspecified atom stereocenters. The zero-order chi connectivity index (χ0) is 23.2. The minimum Gasteiger partial charge on any atom is -0.348 e. The van der Waals surface area contributed by atoms with E-state index in [1.165, 1.54) is 6.07 Å². The summed E-state index contributed by atoms with van der Waals surface area (Å²) >= 11 is 0. The van der Waals surface area contributed by atoms with E-state index in [1.54, 1.807) is 6.07 Å². The number of H-pyrrole nitrogens is 1. The quantitative estimate of drug-likeness (QED) is 0.612. The highest BCUT2D eigenvalue weighted by Gasteiger charge is 2.24. The number of benzene rings is 1. The number of rotatable bonds is 5. The van der Waals surface area contributed by atoms with Crippen molar-refractivity contribution in [2.24, 2.45) is 0 Å². The van der Waals surface area contributed by atoms with Gasteiger partial charge < -0.3 is 14.9 Å². The standard InChI is InChI=1S/C24H29N3O4S/c1-14-9-16(3)26-24(29)20(14)12-25-23(28)19-10-18(32(4,30)31)11-21-22(19)15(2)13-27(21)17-7-5-6-8-17/h9-11,13,17H,5-8,12H2,1-4H3,(H,25,28)(H,26,29). The molecule has 1 aromatic carbocycles. The number of aromatic amines is 1. The predicted octanol–water partition coefficient (Wildman–Crippen LogP) is 3.70. The van der Waals surface area contributed by atoms with Crippen molar-refractivity contribution < 1.29 is 13.2 Å². The van der Waals surface area contributed by atoms with Crippen LogP contribution in [0, 0.1) is 20.8 Å². The number of amides is 1. The van der Waals surface area contributed by atoms with Gasteiger partial charge in [-0.25, -0.2) is 8.42 Å². The van der Waals surface area contributed by atoms with Crippen molar-refractivity contribution in [3.05, 3.63) is 62.7 Å². The van der Waals surface area contributed by atoms with Gasteiger partial charge in [-0.15, -0.1) is 0 Å². The van der Waals surface area contributed by atoms with E-state index in [9.17, 15) is 18.0 Å². The Morgan fingerprint density at radius 2 is 1.81 bits per heavy atom. The second kappa shape index (κ2) is 8.24. The third kappa shape index (κ3) is 4.11. The summed E-state index contributed by atoms with van der Waals surface area (Å²) in [7, 11) is -3.51. The molecule has 0 aliphatic heterocycles. The Labute approximate surface area is 187 Å². The summed E-state index contributed by atoms with van der Waals surface area (Å²) in [5.41, 5.74) is 3.83. The third-order valence-electron chi connectivity index (χ3n) is 6.41. The smallest absolute Gasteiger partial charge is 0.253 e. The van der Waals surface area contributed by atoms with Crippen molar-refractivity contribution in [2.45, 2.75) is 63.9 Å². The molecule has 1 saturated carbocycles. The van der Waals surface area contributed by atoms with Crippen LogP contribution in [0.2, 0.25) is 0 Å². The molecular weight excluding hydrogens is 426 g/mol. The lowest BCUT2D eigenvalue weighted by molar-refractivity contribution is 0.0952. The Morgan fingerprint density at radius 1 is 1.12 bits per heavy atom. The monoisotopic (exact) mass is 455 g/mol. The van der Waals surface area contributed by atoms with Gasteiger partial charge in [-0.1, -0.05) is 12.8 Å². The average Bonchev–Trinajstić information content (AvgIpc) is 3.34. The molecule has 0 bridgehead atoms. The summed E-state index contributed by atoms with van der Waals surface area (Å²) in [6.07, 6.45) is 7.56. The Hall–Kier alpha value is -2.87. The van der Waals surface area contributed by atoms with Crippen LogP contribution in [0.1, 0.15) is 64.5 Å². The normalized spacial score (nSPS) is 14.9. The van der Waals surface area contributed by atoms with Crippen molar-refractivity contribution >= 4 is 26.6 Å². The number of aryl methyl sites for hydroxylation is 3. The maximum absolute atomic E-state index is 13.3. The lowest BCUT2D eigenvalue weighted by Gasteiger charge is -2.15. The van der Waals surface area contributed by atoms with E-state index in [4.69, 9.17) is 0 Å². The molecule has 1 amide bonds. The molecule has 2 heterocycles. The molecule has 7 nitrogen and oxygen atoms in total. The van der Waals surface area contributed by atoms with Gasteiger partial charge in [-0.05, 0) is 62.9 Å². The zero-order valence-electron chi connectivity index (χ0n) is 18.9. The fraction of sp³-hybridized carbons (Fsp3) is 0.417. The van der Waals surface area contributed by atoms with Crippen LogP contribution in [-0.4, -0.2) is 30.1 Å². The molecule has 1 aliphatic rings. The molecule has 3 aromatic rings. The van der Waals surface area contributed by atoms with E-state index in [1.807, 2.05) is 33.0 Å². The first-order chi connectivity index (χ1) is 15.1. The van der Waals surface area contributed by atoms with Crippen molar-refractivity contribution in [3.63, 3.8) is 0 Å². The van der Waals surface area contributed by atoms with Gasteiger partial charge in [-0.2, -0.15) is 0 Å². The fourth-order valence-corrected chi connectivity index (χ4v) is 5.46. The average molecular weight is 456 g/mol. The maximum atomic E-state index is 13.3. The molecule has 1 aliphatic carbocycles. The number of sulfone groups is 1. The van der Waals surface area contributed by atoms with E-state index in [-0.39, 0.29) is 17.0 Å². The van der Waals surface area contributed by atoms with E-state index in [0.717, 1.165) is 59.7 Å². The van der Waals surface area contributed by atoms with Crippen LogP contribution >= 0.6 is 0 Å². The molecule has 32 heavy (non-hydrogen) atoms. The highest BCUT2D eigenvalue weighted by Crippen LogP contribution is 2.36. The summed E-state index contributed by atoms with van der Waals surface area (Å²) in [5.74, 6) is -0.396. The van der Waals surface area contributed by atoms with Crippen LogP contribution in [0.3, 0.4) is 0 Å². The van der Waals surface area contributed by atoms with Gasteiger partial charge >= 0.3 is 0 Å². The summed E-state index contributed by atoms with van der Waals surface area (Å²) in [6.45, 7) is 5.65. The molecule has 0 radical (unpaired) electrons. The van der Waals surface area contributed by atoms with Gasteiger partial charge in [-0.3, -0.25) is 9.59 Å². The molecule has 1 fully saturated rings. The van der Waals surface area contributed by atoms with E-state index in [2.05, 4.69) is 14.9 Å². The van der Waals surface area contributed by atoms with Crippen LogP contribution in [0.25, 0.3) is 10.9 Å². The number of nitrogens with one attached hydrogen (secondary N) is 2. The molecule has 0 atom stereocenters. The second-order valence-corrected chi connectivity index (χ2v) is 10.9. The van der Waals surface area contributed by atoms with Crippen molar-refractivity contribution in [1.29, 1.82) is 0 Å². The van der Waals surface area contributed by atoms with Crippen LogP contribution in [-0.2, 0) is 16.4 Å². The number of aromatic nitrogens is 2. The van der Waals surface area contributed by atoms with E-state index in [0.29, 0.717) is 17.2 Å². The minimum atomic E-state index is -3.51. The largest absolute Gasteiger partial charge is 0.348 e. The summed E-state index contributed by atoms with van der Waals surface area (Å²) in [5, 5.41) is 3.59. The van der Waals surface area contributed by atoms with Crippen LogP contribution in [0.15, 0.2) is 34.1 Å². The topological polar surface area (TPSA) is 101 Å². The number of fused-ring (bicyclic) bond motifs is 1. The van der Waals surface area contributed by atoms with Gasteiger partial charge in [0.15, 0.2) is 9.84 Å². The van der Waals surface area contributed by atoms with Crippen LogP contribution in [0.5, 0.6) is 0 Å². The van der Waals surface area contributed by atoms with Gasteiger partial charge in [0.2, 0.25) is 0 Å². The maximum Gasteiger partial charge on any atom is 0.253 e. The molecule has 170 valence electrons. The number of pyridine rings is 1.